The molecule has 1 aliphatic carbocycles. The second kappa shape index (κ2) is 7.94. The van der Waals surface area contributed by atoms with E-state index < -0.39 is 11.9 Å². The van der Waals surface area contributed by atoms with E-state index in [1.165, 1.54) is 7.11 Å². The predicted molar refractivity (Wildman–Crippen MR) is 85.6 cm³/mol. The first-order valence-corrected chi connectivity index (χ1v) is 8.08. The highest BCUT2D eigenvalue weighted by atomic mass is 16.5. The number of aromatic nitrogens is 1. The lowest BCUT2D eigenvalue weighted by Crippen LogP contribution is -2.44. The molecule has 1 amide bonds. The van der Waals surface area contributed by atoms with Gasteiger partial charge in [-0.3, -0.25) is 9.59 Å². The second-order valence-electron chi connectivity index (χ2n) is 6.03. The summed E-state index contributed by atoms with van der Waals surface area (Å²) in [6, 6.07) is 3.05. The van der Waals surface area contributed by atoms with Gasteiger partial charge < -0.3 is 15.2 Å². The van der Waals surface area contributed by atoms with Crippen LogP contribution in [0.1, 0.15) is 54.6 Å². The molecule has 2 atom stereocenters. The largest absolute Gasteiger partial charge is 0.481 e. The Bertz CT molecular complexity index is 574. The lowest BCUT2D eigenvalue weighted by atomic mass is 9.86. The minimum Gasteiger partial charge on any atom is -0.481 e. The summed E-state index contributed by atoms with van der Waals surface area (Å²) in [5, 5.41) is 12.3. The van der Waals surface area contributed by atoms with Gasteiger partial charge in [0.1, 0.15) is 5.56 Å². The Morgan fingerprint density at radius 2 is 1.91 bits per heavy atom. The fraction of sp³-hybridized carbons (Fsp3) is 0.588. The maximum absolute atomic E-state index is 12.5. The molecule has 1 aromatic rings. The van der Waals surface area contributed by atoms with Gasteiger partial charge >= 0.3 is 5.97 Å². The minimum atomic E-state index is -0.841. The number of carbonyl (C=O) groups is 2. The fourth-order valence-corrected chi connectivity index (χ4v) is 3.06. The number of methoxy groups -OCH3 is 1. The van der Waals surface area contributed by atoms with Gasteiger partial charge in [-0.1, -0.05) is 25.7 Å². The van der Waals surface area contributed by atoms with Crippen molar-refractivity contribution in [3.05, 3.63) is 23.4 Å². The summed E-state index contributed by atoms with van der Waals surface area (Å²) in [4.78, 5) is 28.3. The summed E-state index contributed by atoms with van der Waals surface area (Å²) in [5.41, 5.74) is 1.09. The van der Waals surface area contributed by atoms with Crippen LogP contribution in [0, 0.1) is 12.8 Å². The number of rotatable bonds is 4. The molecule has 1 heterocycles. The quantitative estimate of drug-likeness (QED) is 0.890. The van der Waals surface area contributed by atoms with Crippen LogP contribution in [0.4, 0.5) is 0 Å². The molecule has 6 heteroatoms. The van der Waals surface area contributed by atoms with Crippen molar-refractivity contribution in [2.24, 2.45) is 5.92 Å². The van der Waals surface area contributed by atoms with Crippen LogP contribution in [0.3, 0.4) is 0 Å². The number of nitrogens with zero attached hydrogens (tertiary/aromatic N) is 1. The van der Waals surface area contributed by atoms with Gasteiger partial charge in [0.15, 0.2) is 0 Å². The molecule has 2 rings (SSSR count). The highest BCUT2D eigenvalue weighted by Crippen LogP contribution is 2.24. The predicted octanol–water partition coefficient (Wildman–Crippen LogP) is 2.55. The zero-order valence-corrected chi connectivity index (χ0v) is 13.7. The number of carboxylic acids is 1. The molecular weight excluding hydrogens is 296 g/mol. The monoisotopic (exact) mass is 320 g/mol. The number of pyridine rings is 1. The Balaban J connectivity index is 2.17. The van der Waals surface area contributed by atoms with E-state index in [4.69, 9.17) is 4.74 Å². The topological polar surface area (TPSA) is 88.5 Å². The maximum atomic E-state index is 12.5. The van der Waals surface area contributed by atoms with Crippen LogP contribution in [0.25, 0.3) is 0 Å². The first-order chi connectivity index (χ1) is 11.0. The summed E-state index contributed by atoms with van der Waals surface area (Å²) >= 11 is 0. The Hall–Kier alpha value is -2.11. The van der Waals surface area contributed by atoms with Gasteiger partial charge in [-0.2, -0.15) is 0 Å². The first-order valence-electron chi connectivity index (χ1n) is 8.08. The minimum absolute atomic E-state index is 0.264. The summed E-state index contributed by atoms with van der Waals surface area (Å²) in [6.45, 7) is 1.82. The molecule has 0 saturated heterocycles. The van der Waals surface area contributed by atoms with Crippen LogP contribution >= 0.6 is 0 Å². The van der Waals surface area contributed by atoms with Gasteiger partial charge in [0, 0.05) is 11.7 Å². The van der Waals surface area contributed by atoms with E-state index in [9.17, 15) is 14.7 Å². The van der Waals surface area contributed by atoms with Crippen molar-refractivity contribution in [1.29, 1.82) is 0 Å². The zero-order valence-electron chi connectivity index (χ0n) is 13.7. The molecule has 1 fully saturated rings. The average Bonchev–Trinajstić information content (AvgIpc) is 2.49. The molecule has 0 spiro atoms. The Kier molecular flexibility index (Phi) is 5.96. The molecule has 0 aromatic carbocycles. The van der Waals surface area contributed by atoms with Crippen LogP contribution in [0.2, 0.25) is 0 Å². The van der Waals surface area contributed by atoms with Crippen molar-refractivity contribution in [2.45, 2.75) is 51.5 Å². The Morgan fingerprint density at radius 1 is 1.22 bits per heavy atom. The molecular formula is C17H24N2O4. The van der Waals surface area contributed by atoms with Crippen molar-refractivity contribution in [3.8, 4) is 5.88 Å². The lowest BCUT2D eigenvalue weighted by molar-refractivity contribution is -0.143. The van der Waals surface area contributed by atoms with Crippen LogP contribution < -0.4 is 10.1 Å². The van der Waals surface area contributed by atoms with Gasteiger partial charge in [-0.25, -0.2) is 4.98 Å². The molecule has 2 unspecified atom stereocenters. The number of hydrogen-bond acceptors (Lipinski definition) is 4. The average molecular weight is 320 g/mol. The molecule has 23 heavy (non-hydrogen) atoms. The van der Waals surface area contributed by atoms with Crippen LogP contribution in [-0.4, -0.2) is 35.1 Å². The molecule has 126 valence electrons. The maximum Gasteiger partial charge on any atom is 0.308 e. The van der Waals surface area contributed by atoms with Gasteiger partial charge in [0.2, 0.25) is 5.88 Å². The van der Waals surface area contributed by atoms with Crippen LogP contribution in [-0.2, 0) is 4.79 Å². The van der Waals surface area contributed by atoms with E-state index in [-0.39, 0.29) is 17.8 Å². The number of nitrogens with one attached hydrogen (secondary N) is 1. The molecule has 1 aliphatic rings. The number of carboxylic acid groups (broad SMARTS) is 1. The SMILES string of the molecule is COc1nc(C)ccc1C(=O)NC1CCCCCCC1C(=O)O. The van der Waals surface area contributed by atoms with Gasteiger partial charge in [0.05, 0.1) is 13.0 Å². The third-order valence-electron chi connectivity index (χ3n) is 4.34. The normalized spacial score (nSPS) is 21.8. The van der Waals surface area contributed by atoms with E-state index in [0.717, 1.165) is 31.4 Å². The van der Waals surface area contributed by atoms with E-state index in [1.807, 2.05) is 6.92 Å². The summed E-state index contributed by atoms with van der Waals surface area (Å²) in [5.74, 6) is -1.44. The third kappa shape index (κ3) is 4.43. The molecule has 2 N–H and O–H groups in total. The van der Waals surface area contributed by atoms with Crippen molar-refractivity contribution >= 4 is 11.9 Å². The highest BCUT2D eigenvalue weighted by Gasteiger charge is 2.30. The number of aryl methyl sites for hydroxylation is 1. The standard InChI is InChI=1S/C17H24N2O4/c1-11-9-10-13(16(18-11)23-2)15(20)19-14-8-6-4-3-5-7-12(14)17(21)22/h9-10,12,14H,3-8H2,1-2H3,(H,19,20)(H,21,22). The first kappa shape index (κ1) is 17.2. The van der Waals surface area contributed by atoms with Crippen molar-refractivity contribution in [2.75, 3.05) is 7.11 Å². The van der Waals surface area contributed by atoms with Gasteiger partial charge in [-0.05, 0) is 31.9 Å². The smallest absolute Gasteiger partial charge is 0.308 e. The van der Waals surface area contributed by atoms with Crippen molar-refractivity contribution < 1.29 is 19.4 Å². The number of carbonyl (C=O) groups excluding carboxylic acids is 1. The van der Waals surface area contributed by atoms with E-state index in [0.29, 0.717) is 18.4 Å². The van der Waals surface area contributed by atoms with Gasteiger partial charge in [-0.15, -0.1) is 0 Å². The number of aliphatic carboxylic acids is 1. The molecule has 1 saturated carbocycles. The Labute approximate surface area is 136 Å². The fourth-order valence-electron chi connectivity index (χ4n) is 3.06. The van der Waals surface area contributed by atoms with E-state index >= 15 is 0 Å². The summed E-state index contributed by atoms with van der Waals surface area (Å²) in [6.07, 6.45) is 5.24. The Morgan fingerprint density at radius 3 is 2.57 bits per heavy atom. The molecule has 1 aromatic heterocycles. The van der Waals surface area contributed by atoms with Crippen molar-refractivity contribution in [3.63, 3.8) is 0 Å². The number of hydrogen-bond donors (Lipinski definition) is 2. The second-order valence-corrected chi connectivity index (χ2v) is 6.03. The lowest BCUT2D eigenvalue weighted by Gasteiger charge is -2.27. The summed E-state index contributed by atoms with van der Waals surface area (Å²) < 4.78 is 5.17. The molecule has 0 radical (unpaired) electrons. The molecule has 0 aliphatic heterocycles. The molecule has 0 bridgehead atoms. The van der Waals surface area contributed by atoms with Crippen molar-refractivity contribution in [1.82, 2.24) is 10.3 Å². The number of ether oxygens (including phenoxy) is 1. The number of amides is 1. The third-order valence-corrected chi connectivity index (χ3v) is 4.34. The van der Waals surface area contributed by atoms with Crippen LogP contribution in [0.5, 0.6) is 5.88 Å². The highest BCUT2D eigenvalue weighted by molar-refractivity contribution is 5.96. The van der Waals surface area contributed by atoms with Gasteiger partial charge in [0.25, 0.3) is 5.91 Å². The zero-order chi connectivity index (χ0) is 16.8. The van der Waals surface area contributed by atoms with E-state index in [1.54, 1.807) is 12.1 Å². The van der Waals surface area contributed by atoms with E-state index in [2.05, 4.69) is 10.3 Å². The molecule has 6 nitrogen and oxygen atoms in total. The van der Waals surface area contributed by atoms with Crippen LogP contribution in [0.15, 0.2) is 12.1 Å². The summed E-state index contributed by atoms with van der Waals surface area (Å²) in [7, 11) is 1.47.